The molecular formula is C13H20ClN5O2. The molecule has 2 amide bonds. The van der Waals surface area contributed by atoms with Crippen LogP contribution in [0.15, 0.2) is 12.4 Å². The molecule has 21 heavy (non-hydrogen) atoms. The van der Waals surface area contributed by atoms with Gasteiger partial charge >= 0.3 is 0 Å². The first-order valence-corrected chi connectivity index (χ1v) is 7.23. The third-order valence-electron chi connectivity index (χ3n) is 3.59. The van der Waals surface area contributed by atoms with Crippen molar-refractivity contribution in [3.05, 3.63) is 17.4 Å². The molecule has 0 aliphatic carbocycles. The minimum Gasteiger partial charge on any atom is -0.359 e. The van der Waals surface area contributed by atoms with E-state index in [4.69, 9.17) is 11.6 Å². The van der Waals surface area contributed by atoms with Crippen molar-refractivity contribution in [3.63, 3.8) is 0 Å². The average molecular weight is 314 g/mol. The summed E-state index contributed by atoms with van der Waals surface area (Å²) in [6.45, 7) is 2.57. The van der Waals surface area contributed by atoms with Gasteiger partial charge in [-0.3, -0.25) is 14.3 Å². The molecule has 1 aromatic rings. The molecule has 116 valence electrons. The molecule has 0 saturated carbocycles. The molecular weight excluding hydrogens is 294 g/mol. The van der Waals surface area contributed by atoms with Crippen LogP contribution in [-0.2, 0) is 16.1 Å². The van der Waals surface area contributed by atoms with Gasteiger partial charge in [0.15, 0.2) is 0 Å². The Morgan fingerprint density at radius 1 is 1.43 bits per heavy atom. The number of carbonyl (C=O) groups excluding carboxylic acids is 2. The van der Waals surface area contributed by atoms with Crippen LogP contribution in [0.3, 0.4) is 0 Å². The Labute approximate surface area is 128 Å². The van der Waals surface area contributed by atoms with Gasteiger partial charge in [-0.05, 0) is 7.05 Å². The zero-order chi connectivity index (χ0) is 15.4. The highest BCUT2D eigenvalue weighted by atomic mass is 35.5. The lowest BCUT2D eigenvalue weighted by molar-refractivity contribution is -0.133. The molecule has 1 fully saturated rings. The van der Waals surface area contributed by atoms with Crippen LogP contribution >= 0.6 is 11.6 Å². The maximum absolute atomic E-state index is 12.4. The van der Waals surface area contributed by atoms with Crippen molar-refractivity contribution < 1.29 is 9.59 Å². The van der Waals surface area contributed by atoms with E-state index in [0.717, 1.165) is 6.54 Å². The molecule has 1 aliphatic heterocycles. The van der Waals surface area contributed by atoms with Gasteiger partial charge in [-0.25, -0.2) is 0 Å². The molecule has 1 atom stereocenters. The third kappa shape index (κ3) is 4.18. The SMILES string of the molecule is CNC(=O)[C@H]1CN(C)CCN(C(=O)Cn2cc(Cl)cn2)C1. The van der Waals surface area contributed by atoms with Gasteiger partial charge in [0, 0.05) is 39.4 Å². The van der Waals surface area contributed by atoms with E-state index in [-0.39, 0.29) is 24.3 Å². The largest absolute Gasteiger partial charge is 0.359 e. The zero-order valence-corrected chi connectivity index (χ0v) is 13.0. The standard InChI is InChI=1S/C13H20ClN5O2/c1-15-13(21)10-6-17(2)3-4-18(7-10)12(20)9-19-8-11(14)5-16-19/h5,8,10H,3-4,6-7,9H2,1-2H3,(H,15,21)/t10-/m0/s1. The number of amides is 2. The topological polar surface area (TPSA) is 70.5 Å². The predicted octanol–water partition coefficient (Wildman–Crippen LogP) is -0.327. The number of carbonyl (C=O) groups is 2. The zero-order valence-electron chi connectivity index (χ0n) is 12.3. The highest BCUT2D eigenvalue weighted by molar-refractivity contribution is 6.30. The third-order valence-corrected chi connectivity index (χ3v) is 3.79. The fraction of sp³-hybridized carbons (Fsp3) is 0.615. The molecule has 8 heteroatoms. The van der Waals surface area contributed by atoms with Crippen molar-refractivity contribution in [1.82, 2.24) is 24.9 Å². The highest BCUT2D eigenvalue weighted by Crippen LogP contribution is 2.10. The monoisotopic (exact) mass is 313 g/mol. The van der Waals surface area contributed by atoms with Crippen LogP contribution in [0.25, 0.3) is 0 Å². The van der Waals surface area contributed by atoms with Gasteiger partial charge in [-0.15, -0.1) is 0 Å². The fourth-order valence-corrected chi connectivity index (χ4v) is 2.59. The number of nitrogens with zero attached hydrogens (tertiary/aromatic N) is 4. The van der Waals surface area contributed by atoms with E-state index in [1.54, 1.807) is 18.1 Å². The molecule has 2 rings (SSSR count). The fourth-order valence-electron chi connectivity index (χ4n) is 2.43. The van der Waals surface area contributed by atoms with Crippen LogP contribution in [-0.4, -0.2) is 71.7 Å². The summed E-state index contributed by atoms with van der Waals surface area (Å²) in [7, 11) is 3.57. The summed E-state index contributed by atoms with van der Waals surface area (Å²) in [6, 6.07) is 0. The van der Waals surface area contributed by atoms with Gasteiger partial charge in [0.1, 0.15) is 6.54 Å². The summed E-state index contributed by atoms with van der Waals surface area (Å²) < 4.78 is 1.51. The van der Waals surface area contributed by atoms with Gasteiger partial charge in [-0.1, -0.05) is 11.6 Å². The molecule has 2 heterocycles. The number of hydrogen-bond acceptors (Lipinski definition) is 4. The first-order chi connectivity index (χ1) is 9.99. The molecule has 0 bridgehead atoms. The van der Waals surface area contributed by atoms with Crippen LogP contribution < -0.4 is 5.32 Å². The lowest BCUT2D eigenvalue weighted by atomic mass is 10.1. The normalized spacial score (nSPS) is 20.1. The maximum atomic E-state index is 12.4. The first-order valence-electron chi connectivity index (χ1n) is 6.85. The first kappa shape index (κ1) is 15.8. The predicted molar refractivity (Wildman–Crippen MR) is 78.9 cm³/mol. The minimum atomic E-state index is -0.215. The highest BCUT2D eigenvalue weighted by Gasteiger charge is 2.28. The summed E-state index contributed by atoms with van der Waals surface area (Å²) in [4.78, 5) is 28.0. The number of aromatic nitrogens is 2. The Morgan fingerprint density at radius 2 is 2.19 bits per heavy atom. The molecule has 0 radical (unpaired) electrons. The molecule has 0 aromatic carbocycles. The van der Waals surface area contributed by atoms with Crippen molar-refractivity contribution in [2.45, 2.75) is 6.54 Å². The van der Waals surface area contributed by atoms with Crippen molar-refractivity contribution in [2.24, 2.45) is 5.92 Å². The maximum Gasteiger partial charge on any atom is 0.244 e. The van der Waals surface area contributed by atoms with Gasteiger partial charge in [0.05, 0.1) is 17.1 Å². The number of halogens is 1. The molecule has 7 nitrogen and oxygen atoms in total. The lowest BCUT2D eigenvalue weighted by Crippen LogP contribution is -2.42. The summed E-state index contributed by atoms with van der Waals surface area (Å²) in [5.74, 6) is -0.310. The Balaban J connectivity index is 2.03. The van der Waals surface area contributed by atoms with Crippen molar-refractivity contribution in [2.75, 3.05) is 40.3 Å². The van der Waals surface area contributed by atoms with E-state index in [2.05, 4.69) is 15.3 Å². The minimum absolute atomic E-state index is 0.0383. The van der Waals surface area contributed by atoms with Crippen molar-refractivity contribution in [1.29, 1.82) is 0 Å². The lowest BCUT2D eigenvalue weighted by Gasteiger charge is -2.23. The van der Waals surface area contributed by atoms with Crippen LogP contribution in [0.1, 0.15) is 0 Å². The second-order valence-corrected chi connectivity index (χ2v) is 5.71. The van der Waals surface area contributed by atoms with Crippen LogP contribution in [0.5, 0.6) is 0 Å². The van der Waals surface area contributed by atoms with Crippen LogP contribution in [0.4, 0.5) is 0 Å². The van der Waals surface area contributed by atoms with E-state index in [1.807, 2.05) is 7.05 Å². The molecule has 1 N–H and O–H groups in total. The molecule has 1 aliphatic rings. The summed E-state index contributed by atoms with van der Waals surface area (Å²) >= 11 is 5.79. The van der Waals surface area contributed by atoms with Gasteiger partial charge in [-0.2, -0.15) is 5.10 Å². The van der Waals surface area contributed by atoms with Crippen LogP contribution in [0.2, 0.25) is 5.02 Å². The summed E-state index contributed by atoms with van der Waals surface area (Å²) in [5, 5.41) is 7.17. The second-order valence-electron chi connectivity index (χ2n) is 5.27. The summed E-state index contributed by atoms with van der Waals surface area (Å²) in [5.41, 5.74) is 0. The van der Waals surface area contributed by atoms with Crippen molar-refractivity contribution >= 4 is 23.4 Å². The van der Waals surface area contributed by atoms with E-state index in [1.165, 1.54) is 10.9 Å². The Bertz CT molecular complexity index is 518. The van der Waals surface area contributed by atoms with Crippen LogP contribution in [0, 0.1) is 5.92 Å². The van der Waals surface area contributed by atoms with E-state index in [9.17, 15) is 9.59 Å². The second kappa shape index (κ2) is 6.91. The van der Waals surface area contributed by atoms with Gasteiger partial charge < -0.3 is 15.1 Å². The molecule has 1 aromatic heterocycles. The smallest absolute Gasteiger partial charge is 0.244 e. The molecule has 1 saturated heterocycles. The summed E-state index contributed by atoms with van der Waals surface area (Å²) in [6.07, 6.45) is 3.11. The quantitative estimate of drug-likeness (QED) is 0.830. The van der Waals surface area contributed by atoms with Crippen molar-refractivity contribution in [3.8, 4) is 0 Å². The molecule has 0 unspecified atom stereocenters. The Morgan fingerprint density at radius 3 is 2.81 bits per heavy atom. The number of nitrogens with one attached hydrogen (secondary N) is 1. The van der Waals surface area contributed by atoms with E-state index in [0.29, 0.717) is 24.7 Å². The average Bonchev–Trinajstić information content (AvgIpc) is 2.74. The number of hydrogen-bond donors (Lipinski definition) is 1. The molecule has 0 spiro atoms. The van der Waals surface area contributed by atoms with E-state index < -0.39 is 0 Å². The van der Waals surface area contributed by atoms with E-state index >= 15 is 0 Å². The Kier molecular flexibility index (Phi) is 5.19. The van der Waals surface area contributed by atoms with Gasteiger partial charge in [0.25, 0.3) is 0 Å². The number of likely N-dealkylation sites (N-methyl/N-ethyl adjacent to an activating group) is 1. The Hall–Kier alpha value is -1.60. The van der Waals surface area contributed by atoms with Gasteiger partial charge in [0.2, 0.25) is 11.8 Å². The number of rotatable bonds is 3.